The summed E-state index contributed by atoms with van der Waals surface area (Å²) in [5.74, 6) is 1.91. The number of benzene rings is 1. The van der Waals surface area contributed by atoms with Gasteiger partial charge >= 0.3 is 0 Å². The zero-order valence-corrected chi connectivity index (χ0v) is 11.6. The largest absolute Gasteiger partial charge is 0.492 e. The number of aryl methyl sites for hydroxylation is 2. The van der Waals surface area contributed by atoms with Crippen molar-refractivity contribution in [3.8, 4) is 5.75 Å². The van der Waals surface area contributed by atoms with Crippen molar-refractivity contribution >= 4 is 15.9 Å². The second kappa shape index (κ2) is 5.36. The van der Waals surface area contributed by atoms with Gasteiger partial charge in [-0.25, -0.2) is 4.98 Å². The van der Waals surface area contributed by atoms with Crippen LogP contribution < -0.4 is 4.74 Å². The minimum absolute atomic E-state index is 0.631. The molecule has 0 aliphatic carbocycles. The van der Waals surface area contributed by atoms with Crippen LogP contribution in [0.25, 0.3) is 0 Å². The summed E-state index contributed by atoms with van der Waals surface area (Å²) in [4.78, 5) is 4.25. The number of hydrogen-bond donors (Lipinski definition) is 0. The van der Waals surface area contributed by atoms with Crippen LogP contribution in [0.5, 0.6) is 5.75 Å². The molecule has 0 aliphatic rings. The number of imidazole rings is 1. The van der Waals surface area contributed by atoms with Crippen molar-refractivity contribution in [1.82, 2.24) is 9.55 Å². The van der Waals surface area contributed by atoms with Gasteiger partial charge in [-0.1, -0.05) is 6.07 Å². The van der Waals surface area contributed by atoms with Crippen LogP contribution in [0.2, 0.25) is 0 Å². The van der Waals surface area contributed by atoms with E-state index in [0.29, 0.717) is 6.61 Å². The fourth-order valence-electron chi connectivity index (χ4n) is 1.61. The van der Waals surface area contributed by atoms with Gasteiger partial charge in [0.2, 0.25) is 0 Å². The Morgan fingerprint density at radius 2 is 2.24 bits per heavy atom. The van der Waals surface area contributed by atoms with E-state index in [0.717, 1.165) is 22.5 Å². The minimum Gasteiger partial charge on any atom is -0.492 e. The maximum atomic E-state index is 5.72. The van der Waals surface area contributed by atoms with Gasteiger partial charge in [0.15, 0.2) is 0 Å². The molecular formula is C13H15BrN2O. The van der Waals surface area contributed by atoms with E-state index in [9.17, 15) is 0 Å². The molecule has 1 aromatic heterocycles. The first kappa shape index (κ1) is 12.2. The topological polar surface area (TPSA) is 27.1 Å². The van der Waals surface area contributed by atoms with Crippen LogP contribution in [0.15, 0.2) is 35.1 Å². The molecule has 0 amide bonds. The molecule has 0 radical (unpaired) electrons. The number of aromatic nitrogens is 2. The molecule has 2 rings (SSSR count). The van der Waals surface area contributed by atoms with Crippen molar-refractivity contribution in [3.05, 3.63) is 46.5 Å². The Kier molecular flexibility index (Phi) is 3.84. The molecule has 0 saturated heterocycles. The van der Waals surface area contributed by atoms with Crippen LogP contribution in [0.1, 0.15) is 11.4 Å². The molecule has 1 aromatic carbocycles. The fourth-order valence-corrected chi connectivity index (χ4v) is 2.22. The summed E-state index contributed by atoms with van der Waals surface area (Å²) in [6.07, 6.45) is 4.55. The Bertz CT molecular complexity index is 508. The first-order valence-corrected chi connectivity index (χ1v) is 6.31. The maximum Gasteiger partial charge on any atom is 0.133 e. The Balaban J connectivity index is 1.92. The summed E-state index contributed by atoms with van der Waals surface area (Å²) in [6.45, 7) is 2.69. The number of rotatable bonds is 4. The standard InChI is InChI=1S/C13H15BrN2O/c1-10-3-4-12(11(14)9-10)17-8-5-13-15-6-7-16(13)2/h3-4,6-7,9H,5,8H2,1-2H3. The quantitative estimate of drug-likeness (QED) is 0.866. The Morgan fingerprint density at radius 1 is 1.41 bits per heavy atom. The van der Waals surface area contributed by atoms with Crippen molar-refractivity contribution in [1.29, 1.82) is 0 Å². The van der Waals surface area contributed by atoms with Crippen molar-refractivity contribution in [2.45, 2.75) is 13.3 Å². The molecule has 0 unspecified atom stereocenters. The lowest BCUT2D eigenvalue weighted by Gasteiger charge is -2.08. The highest BCUT2D eigenvalue weighted by molar-refractivity contribution is 9.10. The highest BCUT2D eigenvalue weighted by atomic mass is 79.9. The molecule has 4 heteroatoms. The van der Waals surface area contributed by atoms with E-state index in [2.05, 4.69) is 33.9 Å². The summed E-state index contributed by atoms with van der Waals surface area (Å²) in [5, 5.41) is 0. The van der Waals surface area contributed by atoms with Gasteiger partial charge in [0.05, 0.1) is 11.1 Å². The normalized spacial score (nSPS) is 10.5. The van der Waals surface area contributed by atoms with E-state index in [1.165, 1.54) is 5.56 Å². The third-order valence-corrected chi connectivity index (χ3v) is 3.21. The monoisotopic (exact) mass is 294 g/mol. The van der Waals surface area contributed by atoms with Crippen molar-refractivity contribution in [2.24, 2.45) is 7.05 Å². The van der Waals surface area contributed by atoms with Crippen molar-refractivity contribution in [3.63, 3.8) is 0 Å². The third-order valence-electron chi connectivity index (χ3n) is 2.59. The first-order valence-electron chi connectivity index (χ1n) is 5.52. The van der Waals surface area contributed by atoms with E-state index in [1.807, 2.05) is 29.9 Å². The fraction of sp³-hybridized carbons (Fsp3) is 0.308. The summed E-state index contributed by atoms with van der Waals surface area (Å²) in [6, 6.07) is 6.08. The van der Waals surface area contributed by atoms with Crippen LogP contribution >= 0.6 is 15.9 Å². The third kappa shape index (κ3) is 3.09. The van der Waals surface area contributed by atoms with Crippen molar-refractivity contribution in [2.75, 3.05) is 6.61 Å². The minimum atomic E-state index is 0.631. The van der Waals surface area contributed by atoms with Crippen molar-refractivity contribution < 1.29 is 4.74 Å². The SMILES string of the molecule is Cc1ccc(OCCc2nccn2C)c(Br)c1. The summed E-state index contributed by atoms with van der Waals surface area (Å²) in [5.41, 5.74) is 1.22. The first-order chi connectivity index (χ1) is 8.16. The predicted octanol–water partition coefficient (Wildman–Crippen LogP) is 3.11. The zero-order chi connectivity index (χ0) is 12.3. The molecule has 0 fully saturated rings. The van der Waals surface area contributed by atoms with Gasteiger partial charge in [0, 0.05) is 25.9 Å². The van der Waals surface area contributed by atoms with Crippen LogP contribution in [-0.2, 0) is 13.5 Å². The molecule has 2 aromatic rings. The van der Waals surface area contributed by atoms with E-state index in [-0.39, 0.29) is 0 Å². The second-order valence-electron chi connectivity index (χ2n) is 3.99. The van der Waals surface area contributed by atoms with E-state index in [4.69, 9.17) is 4.74 Å². The summed E-state index contributed by atoms with van der Waals surface area (Å²) >= 11 is 3.49. The van der Waals surface area contributed by atoms with Gasteiger partial charge in [-0.2, -0.15) is 0 Å². The molecule has 3 nitrogen and oxygen atoms in total. The highest BCUT2D eigenvalue weighted by Crippen LogP contribution is 2.25. The van der Waals surface area contributed by atoms with Gasteiger partial charge in [-0.3, -0.25) is 0 Å². The van der Waals surface area contributed by atoms with E-state index in [1.54, 1.807) is 6.20 Å². The van der Waals surface area contributed by atoms with E-state index >= 15 is 0 Å². The smallest absolute Gasteiger partial charge is 0.133 e. The summed E-state index contributed by atoms with van der Waals surface area (Å²) in [7, 11) is 1.99. The molecule has 0 saturated carbocycles. The van der Waals surface area contributed by atoms with Crippen LogP contribution in [0.4, 0.5) is 0 Å². The molecule has 0 spiro atoms. The Labute approximate surface area is 110 Å². The van der Waals surface area contributed by atoms with E-state index < -0.39 is 0 Å². The summed E-state index contributed by atoms with van der Waals surface area (Å²) < 4.78 is 8.72. The highest BCUT2D eigenvalue weighted by Gasteiger charge is 2.03. The lowest BCUT2D eigenvalue weighted by atomic mass is 10.2. The van der Waals surface area contributed by atoms with Crippen LogP contribution in [0, 0.1) is 6.92 Å². The second-order valence-corrected chi connectivity index (χ2v) is 4.84. The lowest BCUT2D eigenvalue weighted by molar-refractivity contribution is 0.315. The number of ether oxygens (including phenoxy) is 1. The molecule has 90 valence electrons. The van der Waals surface area contributed by atoms with Crippen LogP contribution in [0.3, 0.4) is 0 Å². The average Bonchev–Trinajstić information content (AvgIpc) is 2.68. The lowest BCUT2D eigenvalue weighted by Crippen LogP contribution is -2.06. The van der Waals surface area contributed by atoms with Gasteiger partial charge in [0.1, 0.15) is 11.6 Å². The predicted molar refractivity (Wildman–Crippen MR) is 71.3 cm³/mol. The Morgan fingerprint density at radius 3 is 2.88 bits per heavy atom. The van der Waals surface area contributed by atoms with Gasteiger partial charge < -0.3 is 9.30 Å². The Hall–Kier alpha value is -1.29. The van der Waals surface area contributed by atoms with Gasteiger partial charge in [0.25, 0.3) is 0 Å². The maximum absolute atomic E-state index is 5.72. The molecule has 1 heterocycles. The van der Waals surface area contributed by atoms with Gasteiger partial charge in [-0.15, -0.1) is 0 Å². The number of halogens is 1. The average molecular weight is 295 g/mol. The van der Waals surface area contributed by atoms with Crippen LogP contribution in [-0.4, -0.2) is 16.2 Å². The molecule has 17 heavy (non-hydrogen) atoms. The molecule has 0 bridgehead atoms. The molecule has 0 N–H and O–H groups in total. The number of nitrogens with zero attached hydrogens (tertiary/aromatic N) is 2. The molecular weight excluding hydrogens is 280 g/mol. The molecule has 0 aliphatic heterocycles. The number of hydrogen-bond acceptors (Lipinski definition) is 2. The molecule has 0 atom stereocenters. The van der Waals surface area contributed by atoms with Gasteiger partial charge in [-0.05, 0) is 40.5 Å². The zero-order valence-electron chi connectivity index (χ0n) is 9.98.